The second-order valence-electron chi connectivity index (χ2n) is 8.78. The predicted octanol–water partition coefficient (Wildman–Crippen LogP) is 9.06. The third-order valence-corrected chi connectivity index (χ3v) is 10.9. The standard InChI is InChI=1S/C29H19BrCl2N2OS2/c1-18(35)27-33-34(24-16-10-21(30)11-17-24)29(36-27)26-5-3-2-4-25(26)28(37-29,19-6-12-22(31)13-7-19)20-8-14-23(32)15-9-20/h2-17H,1H3. The largest absolute Gasteiger partial charge is 0.292 e. The number of thioether (sulfide) groups is 2. The van der Waals surface area contributed by atoms with Gasteiger partial charge >= 0.3 is 0 Å². The zero-order valence-electron chi connectivity index (χ0n) is 19.5. The number of hydrogen-bond donors (Lipinski definition) is 0. The van der Waals surface area contributed by atoms with Gasteiger partial charge in [-0.1, -0.05) is 111 Å². The van der Waals surface area contributed by atoms with Crippen molar-refractivity contribution in [2.24, 2.45) is 5.10 Å². The molecule has 0 aliphatic carbocycles. The lowest BCUT2D eigenvalue weighted by atomic mass is 9.82. The molecule has 0 fully saturated rings. The van der Waals surface area contributed by atoms with E-state index in [1.807, 2.05) is 59.6 Å². The smallest absolute Gasteiger partial charge is 0.187 e. The van der Waals surface area contributed by atoms with E-state index in [1.54, 1.807) is 18.7 Å². The topological polar surface area (TPSA) is 32.7 Å². The Morgan fingerprint density at radius 2 is 1.35 bits per heavy atom. The molecule has 1 unspecified atom stereocenters. The summed E-state index contributed by atoms with van der Waals surface area (Å²) in [6.07, 6.45) is 0. The molecule has 0 bridgehead atoms. The third-order valence-electron chi connectivity index (χ3n) is 6.52. The first-order valence-corrected chi connectivity index (χ1v) is 14.7. The predicted molar refractivity (Wildman–Crippen MR) is 161 cm³/mol. The number of Topliss-reactive ketones (excluding diaryl/α,β-unsaturated/α-hetero) is 1. The molecule has 4 aromatic carbocycles. The van der Waals surface area contributed by atoms with Gasteiger partial charge in [0, 0.05) is 27.0 Å². The van der Waals surface area contributed by atoms with E-state index < -0.39 is 8.95 Å². The molecule has 2 aliphatic rings. The zero-order chi connectivity index (χ0) is 25.8. The Bertz CT molecular complexity index is 1500. The highest BCUT2D eigenvalue weighted by atomic mass is 79.9. The molecular formula is C29H19BrCl2N2OS2. The summed E-state index contributed by atoms with van der Waals surface area (Å²) in [4.78, 5) is 12.7. The van der Waals surface area contributed by atoms with Crippen LogP contribution in [0.15, 0.2) is 107 Å². The molecule has 0 saturated heterocycles. The van der Waals surface area contributed by atoms with Gasteiger partial charge in [0.05, 0.1) is 10.4 Å². The molecule has 4 aromatic rings. The SMILES string of the molecule is CC(=O)C1=NN(c2ccc(Br)cc2)C2(S1)SC(c1ccc(Cl)cc1)(c1ccc(Cl)cc1)c1ccccc12. The van der Waals surface area contributed by atoms with Gasteiger partial charge in [-0.05, 0) is 65.2 Å². The maximum Gasteiger partial charge on any atom is 0.187 e. The summed E-state index contributed by atoms with van der Waals surface area (Å²) in [5.41, 5.74) is 5.30. The zero-order valence-corrected chi connectivity index (χ0v) is 24.2. The van der Waals surface area contributed by atoms with Crippen LogP contribution in [0.4, 0.5) is 5.69 Å². The van der Waals surface area contributed by atoms with Crippen molar-refractivity contribution < 1.29 is 4.79 Å². The second-order valence-corrected chi connectivity index (χ2v) is 13.4. The van der Waals surface area contributed by atoms with Crippen LogP contribution < -0.4 is 5.01 Å². The van der Waals surface area contributed by atoms with Crippen molar-refractivity contribution in [2.45, 2.75) is 15.9 Å². The fourth-order valence-electron chi connectivity index (χ4n) is 4.88. The second kappa shape index (κ2) is 9.51. The molecule has 0 radical (unpaired) electrons. The molecule has 184 valence electrons. The van der Waals surface area contributed by atoms with Crippen LogP contribution >= 0.6 is 62.7 Å². The Balaban J connectivity index is 1.64. The van der Waals surface area contributed by atoms with Gasteiger partial charge in [0.15, 0.2) is 15.0 Å². The summed E-state index contributed by atoms with van der Waals surface area (Å²) in [6, 6.07) is 32.5. The Labute approximate surface area is 242 Å². The van der Waals surface area contributed by atoms with Gasteiger partial charge < -0.3 is 0 Å². The minimum Gasteiger partial charge on any atom is -0.292 e. The van der Waals surface area contributed by atoms with Crippen molar-refractivity contribution in [1.82, 2.24) is 0 Å². The number of hydrogen-bond acceptors (Lipinski definition) is 5. The maximum absolute atomic E-state index is 12.7. The summed E-state index contributed by atoms with van der Waals surface area (Å²) >= 11 is 19.5. The molecule has 0 aromatic heterocycles. The van der Waals surface area contributed by atoms with Gasteiger partial charge in [0.25, 0.3) is 0 Å². The van der Waals surface area contributed by atoms with Crippen molar-refractivity contribution in [2.75, 3.05) is 5.01 Å². The van der Waals surface area contributed by atoms with Gasteiger partial charge in [0.1, 0.15) is 0 Å². The number of carbonyl (C=O) groups excluding carboxylic acids is 1. The lowest BCUT2D eigenvalue weighted by Crippen LogP contribution is -2.34. The molecule has 0 N–H and O–H groups in total. The van der Waals surface area contributed by atoms with Crippen LogP contribution in [0.1, 0.15) is 29.2 Å². The maximum atomic E-state index is 12.7. The summed E-state index contributed by atoms with van der Waals surface area (Å²) in [6.45, 7) is 1.57. The normalized spacial score (nSPS) is 19.7. The van der Waals surface area contributed by atoms with E-state index >= 15 is 0 Å². The lowest BCUT2D eigenvalue weighted by molar-refractivity contribution is -0.110. The number of anilines is 1. The van der Waals surface area contributed by atoms with Gasteiger partial charge in [-0.3, -0.25) is 4.79 Å². The first-order valence-electron chi connectivity index (χ1n) is 11.5. The number of ketones is 1. The molecular weight excluding hydrogens is 607 g/mol. The van der Waals surface area contributed by atoms with E-state index in [4.69, 9.17) is 28.3 Å². The average molecular weight is 626 g/mol. The molecule has 2 heterocycles. The number of fused-ring (bicyclic) bond motifs is 2. The minimum absolute atomic E-state index is 0.0578. The van der Waals surface area contributed by atoms with E-state index in [2.05, 4.69) is 58.4 Å². The Morgan fingerprint density at radius 1 is 0.811 bits per heavy atom. The van der Waals surface area contributed by atoms with Gasteiger partial charge in [-0.2, -0.15) is 5.10 Å². The summed E-state index contributed by atoms with van der Waals surface area (Å²) in [7, 11) is 0. The number of hydrazone groups is 1. The van der Waals surface area contributed by atoms with E-state index in [1.165, 1.54) is 11.8 Å². The number of rotatable bonds is 4. The first kappa shape index (κ1) is 25.1. The van der Waals surface area contributed by atoms with Crippen LogP contribution in [-0.4, -0.2) is 10.8 Å². The molecule has 1 atom stereocenters. The van der Waals surface area contributed by atoms with Crippen LogP contribution in [0, 0.1) is 0 Å². The van der Waals surface area contributed by atoms with E-state index in [9.17, 15) is 4.79 Å². The molecule has 37 heavy (non-hydrogen) atoms. The average Bonchev–Trinajstić information content (AvgIpc) is 3.43. The van der Waals surface area contributed by atoms with E-state index in [0.29, 0.717) is 15.1 Å². The first-order chi connectivity index (χ1) is 17.8. The van der Waals surface area contributed by atoms with Crippen molar-refractivity contribution >= 4 is 79.2 Å². The van der Waals surface area contributed by atoms with Gasteiger partial charge in [-0.15, -0.1) is 0 Å². The third kappa shape index (κ3) is 4.05. The van der Waals surface area contributed by atoms with Crippen LogP contribution in [0.3, 0.4) is 0 Å². The summed E-state index contributed by atoms with van der Waals surface area (Å²) < 4.78 is -0.345. The van der Waals surface area contributed by atoms with Crippen LogP contribution in [0.2, 0.25) is 10.0 Å². The fraction of sp³-hybridized carbons (Fsp3) is 0.103. The highest BCUT2D eigenvalue weighted by molar-refractivity contribution is 9.10. The lowest BCUT2D eigenvalue weighted by Gasteiger charge is -2.37. The van der Waals surface area contributed by atoms with Crippen LogP contribution in [-0.2, 0) is 13.7 Å². The highest BCUT2D eigenvalue weighted by Gasteiger charge is 2.61. The number of carbonyl (C=O) groups is 1. The molecule has 6 rings (SSSR count). The molecule has 2 aliphatic heterocycles. The number of nitrogens with zero attached hydrogens (tertiary/aromatic N) is 2. The summed E-state index contributed by atoms with van der Waals surface area (Å²) in [5, 5.41) is 8.72. The minimum atomic E-state index is -0.718. The molecule has 0 amide bonds. The fourth-order valence-corrected chi connectivity index (χ4v) is 8.96. The molecule has 1 spiro atoms. The Hall–Kier alpha value is -2.22. The highest BCUT2D eigenvalue weighted by Crippen LogP contribution is 2.70. The van der Waals surface area contributed by atoms with Crippen molar-refractivity contribution in [3.05, 3.63) is 134 Å². The van der Waals surface area contributed by atoms with Crippen molar-refractivity contribution in [3.63, 3.8) is 0 Å². The number of halogens is 3. The van der Waals surface area contributed by atoms with Crippen LogP contribution in [0.5, 0.6) is 0 Å². The van der Waals surface area contributed by atoms with Crippen LogP contribution in [0.25, 0.3) is 0 Å². The quantitative estimate of drug-likeness (QED) is 0.226. The van der Waals surface area contributed by atoms with E-state index in [-0.39, 0.29) is 5.78 Å². The molecule has 3 nitrogen and oxygen atoms in total. The summed E-state index contributed by atoms with van der Waals surface area (Å²) in [5.74, 6) is -0.0578. The van der Waals surface area contributed by atoms with Gasteiger partial charge in [-0.25, -0.2) is 5.01 Å². The van der Waals surface area contributed by atoms with Crippen molar-refractivity contribution in [3.8, 4) is 0 Å². The Morgan fingerprint density at radius 3 is 1.89 bits per heavy atom. The van der Waals surface area contributed by atoms with Gasteiger partial charge in [0.2, 0.25) is 0 Å². The van der Waals surface area contributed by atoms with Crippen molar-refractivity contribution in [1.29, 1.82) is 0 Å². The Kier molecular flexibility index (Phi) is 6.45. The molecule has 8 heteroatoms. The monoisotopic (exact) mass is 624 g/mol. The number of benzene rings is 4. The molecule has 0 saturated carbocycles. The van der Waals surface area contributed by atoms with E-state index in [0.717, 1.165) is 32.4 Å².